The number of benzene rings is 3. The van der Waals surface area contributed by atoms with E-state index in [2.05, 4.69) is 46.1 Å². The zero-order chi connectivity index (χ0) is 24.6. The number of fused-ring (bicyclic) bond motifs is 1. The normalized spacial score (nSPS) is 11.0. The quantitative estimate of drug-likeness (QED) is 0.210. The molecule has 0 unspecified atom stereocenters. The fourth-order valence-corrected chi connectivity index (χ4v) is 4.38. The van der Waals surface area contributed by atoms with Crippen molar-refractivity contribution in [2.75, 3.05) is 0 Å². The molecular weight excluding hydrogens is 446 g/mol. The number of aryl methyl sites for hydroxylation is 2. The highest BCUT2D eigenvalue weighted by molar-refractivity contribution is 5.85. The fourth-order valence-electron chi connectivity index (χ4n) is 4.38. The van der Waals surface area contributed by atoms with E-state index >= 15 is 0 Å². The van der Waals surface area contributed by atoms with Crippen LogP contribution in [0.2, 0.25) is 0 Å². The number of pyridine rings is 1. The summed E-state index contributed by atoms with van der Waals surface area (Å²) in [5, 5.41) is 1.14. The first-order chi connectivity index (χ1) is 17.8. The highest BCUT2D eigenvalue weighted by atomic mass is 16.5. The number of aromatic nitrogens is 2. The van der Waals surface area contributed by atoms with Crippen LogP contribution in [0.4, 0.5) is 0 Å². The molecule has 0 amide bonds. The van der Waals surface area contributed by atoms with Gasteiger partial charge in [-0.2, -0.15) is 0 Å². The average Bonchev–Trinajstić information content (AvgIpc) is 3.29. The standard InChI is InChI=1S/C31H31N3O2/c32-21-25-22-34(19-7-5-11-26-10-4-6-18-33-26)31-17-16-29(20-30(25)31)36-28-14-12-27(13-15-28)35-23-24-8-2-1-3-9-24/h1-4,6,8-10,12-18,20,22H,5,7,11,19,21,23,32H2. The second-order valence-corrected chi connectivity index (χ2v) is 8.86. The Labute approximate surface area is 212 Å². The molecule has 36 heavy (non-hydrogen) atoms. The lowest BCUT2D eigenvalue weighted by atomic mass is 10.1. The molecule has 0 bridgehead atoms. The lowest BCUT2D eigenvalue weighted by Crippen LogP contribution is -1.98. The Bertz CT molecular complexity index is 1380. The summed E-state index contributed by atoms with van der Waals surface area (Å²) in [6.07, 6.45) is 7.21. The van der Waals surface area contributed by atoms with Gasteiger partial charge in [0, 0.05) is 42.1 Å². The molecule has 3 aromatic carbocycles. The largest absolute Gasteiger partial charge is 0.489 e. The smallest absolute Gasteiger partial charge is 0.128 e. The Morgan fingerprint density at radius 3 is 2.33 bits per heavy atom. The molecule has 2 heterocycles. The van der Waals surface area contributed by atoms with Crippen LogP contribution < -0.4 is 15.2 Å². The lowest BCUT2D eigenvalue weighted by molar-refractivity contribution is 0.306. The van der Waals surface area contributed by atoms with Gasteiger partial charge in [-0.05, 0) is 85.0 Å². The van der Waals surface area contributed by atoms with E-state index in [1.807, 2.05) is 66.9 Å². The molecule has 0 aliphatic carbocycles. The number of nitrogens with zero attached hydrogens (tertiary/aromatic N) is 2. The van der Waals surface area contributed by atoms with E-state index in [4.69, 9.17) is 15.2 Å². The molecule has 5 aromatic rings. The van der Waals surface area contributed by atoms with Gasteiger partial charge in [0.15, 0.2) is 0 Å². The third kappa shape index (κ3) is 5.93. The van der Waals surface area contributed by atoms with Gasteiger partial charge in [0.1, 0.15) is 23.9 Å². The van der Waals surface area contributed by atoms with Crippen LogP contribution in [0.15, 0.2) is 103 Å². The first-order valence-corrected chi connectivity index (χ1v) is 12.4. The monoisotopic (exact) mass is 477 g/mol. The van der Waals surface area contributed by atoms with E-state index in [0.29, 0.717) is 13.2 Å². The molecule has 0 saturated heterocycles. The van der Waals surface area contributed by atoms with E-state index in [1.54, 1.807) is 0 Å². The molecule has 5 heteroatoms. The van der Waals surface area contributed by atoms with Gasteiger partial charge in [0.2, 0.25) is 0 Å². The van der Waals surface area contributed by atoms with Crippen LogP contribution in [0.5, 0.6) is 17.2 Å². The third-order valence-corrected chi connectivity index (χ3v) is 6.27. The Kier molecular flexibility index (Phi) is 7.59. The maximum atomic E-state index is 6.15. The molecular formula is C31H31N3O2. The van der Waals surface area contributed by atoms with Crippen LogP contribution in [0, 0.1) is 0 Å². The molecule has 5 rings (SSSR count). The summed E-state index contributed by atoms with van der Waals surface area (Å²) in [4.78, 5) is 4.42. The maximum Gasteiger partial charge on any atom is 0.128 e. The van der Waals surface area contributed by atoms with E-state index in [9.17, 15) is 0 Å². The van der Waals surface area contributed by atoms with Crippen LogP contribution in [0.3, 0.4) is 0 Å². The summed E-state index contributed by atoms with van der Waals surface area (Å²) in [6.45, 7) is 1.99. The van der Waals surface area contributed by atoms with Crippen LogP contribution in [-0.4, -0.2) is 9.55 Å². The number of rotatable bonds is 11. The predicted octanol–water partition coefficient (Wildman–Crippen LogP) is 6.89. The van der Waals surface area contributed by atoms with Crippen LogP contribution in [-0.2, 0) is 26.1 Å². The zero-order valence-corrected chi connectivity index (χ0v) is 20.3. The minimum Gasteiger partial charge on any atom is -0.489 e. The summed E-state index contributed by atoms with van der Waals surface area (Å²) in [5.41, 5.74) is 10.7. The Morgan fingerprint density at radius 2 is 1.56 bits per heavy atom. The lowest BCUT2D eigenvalue weighted by Gasteiger charge is -2.10. The van der Waals surface area contributed by atoms with Crippen molar-refractivity contribution in [3.8, 4) is 17.2 Å². The van der Waals surface area contributed by atoms with Crippen molar-refractivity contribution in [2.24, 2.45) is 5.73 Å². The minimum atomic E-state index is 0.494. The van der Waals surface area contributed by atoms with Gasteiger partial charge in [0.25, 0.3) is 0 Å². The highest BCUT2D eigenvalue weighted by Crippen LogP contribution is 2.30. The van der Waals surface area contributed by atoms with E-state index in [1.165, 1.54) is 5.52 Å². The number of hydrogen-bond acceptors (Lipinski definition) is 4. The summed E-state index contributed by atoms with van der Waals surface area (Å²) in [6, 6.07) is 30.2. The summed E-state index contributed by atoms with van der Waals surface area (Å²) < 4.78 is 14.3. The van der Waals surface area contributed by atoms with E-state index < -0.39 is 0 Å². The Balaban J connectivity index is 1.21. The number of ether oxygens (including phenoxy) is 2. The Morgan fingerprint density at radius 1 is 0.778 bits per heavy atom. The minimum absolute atomic E-state index is 0.494. The van der Waals surface area contributed by atoms with Gasteiger partial charge in [-0.3, -0.25) is 4.98 Å². The third-order valence-electron chi connectivity index (χ3n) is 6.27. The molecule has 0 saturated carbocycles. The zero-order valence-electron chi connectivity index (χ0n) is 20.3. The van der Waals surface area contributed by atoms with Crippen molar-refractivity contribution in [1.82, 2.24) is 9.55 Å². The SMILES string of the molecule is NCc1cn(CCCCc2ccccn2)c2ccc(Oc3ccc(OCc4ccccc4)cc3)cc12. The number of unbranched alkanes of at least 4 members (excludes halogenated alkanes) is 1. The van der Waals surface area contributed by atoms with Gasteiger partial charge in [-0.15, -0.1) is 0 Å². The van der Waals surface area contributed by atoms with Crippen molar-refractivity contribution >= 4 is 10.9 Å². The van der Waals surface area contributed by atoms with Crippen molar-refractivity contribution in [3.63, 3.8) is 0 Å². The molecule has 5 nitrogen and oxygen atoms in total. The van der Waals surface area contributed by atoms with Gasteiger partial charge >= 0.3 is 0 Å². The molecule has 0 aliphatic rings. The molecule has 0 radical (unpaired) electrons. The molecule has 182 valence electrons. The first kappa shape index (κ1) is 23.6. The maximum absolute atomic E-state index is 6.15. The van der Waals surface area contributed by atoms with Crippen molar-refractivity contribution in [1.29, 1.82) is 0 Å². The second kappa shape index (κ2) is 11.6. The molecule has 0 aliphatic heterocycles. The van der Waals surface area contributed by atoms with Crippen molar-refractivity contribution in [3.05, 3.63) is 120 Å². The second-order valence-electron chi connectivity index (χ2n) is 8.86. The molecule has 0 fully saturated rings. The van der Waals surface area contributed by atoms with Gasteiger partial charge in [0.05, 0.1) is 0 Å². The van der Waals surface area contributed by atoms with Gasteiger partial charge < -0.3 is 19.8 Å². The van der Waals surface area contributed by atoms with Crippen molar-refractivity contribution < 1.29 is 9.47 Å². The summed E-state index contributed by atoms with van der Waals surface area (Å²) in [5.74, 6) is 2.37. The van der Waals surface area contributed by atoms with Crippen molar-refractivity contribution in [2.45, 2.75) is 39.0 Å². The Hall–Kier alpha value is -4.09. The number of nitrogens with two attached hydrogens (primary N) is 1. The highest BCUT2D eigenvalue weighted by Gasteiger charge is 2.10. The van der Waals surface area contributed by atoms with Gasteiger partial charge in [-0.25, -0.2) is 0 Å². The molecule has 2 aromatic heterocycles. The number of hydrogen-bond donors (Lipinski definition) is 1. The van der Waals surface area contributed by atoms with E-state index in [0.717, 1.165) is 65.3 Å². The summed E-state index contributed by atoms with van der Waals surface area (Å²) in [7, 11) is 0. The van der Waals surface area contributed by atoms with Crippen LogP contribution in [0.1, 0.15) is 29.7 Å². The molecule has 2 N–H and O–H groups in total. The van der Waals surface area contributed by atoms with Gasteiger partial charge in [-0.1, -0.05) is 36.4 Å². The van der Waals surface area contributed by atoms with Crippen LogP contribution >= 0.6 is 0 Å². The summed E-state index contributed by atoms with van der Waals surface area (Å²) >= 11 is 0. The molecule has 0 atom stereocenters. The van der Waals surface area contributed by atoms with Crippen LogP contribution in [0.25, 0.3) is 10.9 Å². The van der Waals surface area contributed by atoms with E-state index in [-0.39, 0.29) is 0 Å². The fraction of sp³-hybridized carbons (Fsp3) is 0.194. The topological polar surface area (TPSA) is 62.3 Å². The molecule has 0 spiro atoms. The average molecular weight is 478 g/mol. The first-order valence-electron chi connectivity index (χ1n) is 12.4. The predicted molar refractivity (Wildman–Crippen MR) is 144 cm³/mol.